The highest BCUT2D eigenvalue weighted by molar-refractivity contribution is 6.33. The lowest BCUT2D eigenvalue weighted by Crippen LogP contribution is -2.34. The Labute approximate surface area is 112 Å². The molecule has 1 nitrogen and oxygen atoms in total. The van der Waals surface area contributed by atoms with Crippen LogP contribution in [0.3, 0.4) is 0 Å². The fourth-order valence-corrected chi connectivity index (χ4v) is 3.07. The number of hydrogen-bond donors (Lipinski definition) is 1. The maximum absolute atomic E-state index is 6.27. The molecular formula is C14H17Cl2N. The first-order valence-corrected chi connectivity index (χ1v) is 7.18. The predicted molar refractivity (Wildman–Crippen MR) is 73.0 cm³/mol. The fraction of sp³-hybridized carbons (Fsp3) is 0.571. The van der Waals surface area contributed by atoms with Crippen molar-refractivity contribution >= 4 is 23.2 Å². The van der Waals surface area contributed by atoms with E-state index in [1.54, 1.807) is 0 Å². The summed E-state index contributed by atoms with van der Waals surface area (Å²) in [6, 6.07) is 6.62. The van der Waals surface area contributed by atoms with Crippen LogP contribution in [0.1, 0.15) is 37.2 Å². The molecule has 0 heterocycles. The number of halogens is 2. The SMILES string of the molecule is Clc1ccc(Cl)c(C2CCC2CNC2CC2)c1. The third-order valence-corrected chi connectivity index (χ3v) is 4.60. The van der Waals surface area contributed by atoms with Gasteiger partial charge in [-0.1, -0.05) is 23.2 Å². The minimum atomic E-state index is 0.604. The Morgan fingerprint density at radius 1 is 1.12 bits per heavy atom. The van der Waals surface area contributed by atoms with E-state index in [0.717, 1.165) is 28.5 Å². The largest absolute Gasteiger partial charge is 0.314 e. The molecule has 0 saturated heterocycles. The summed E-state index contributed by atoms with van der Waals surface area (Å²) in [4.78, 5) is 0. The van der Waals surface area contributed by atoms with Crippen LogP contribution in [0.4, 0.5) is 0 Å². The van der Waals surface area contributed by atoms with Gasteiger partial charge in [0.1, 0.15) is 0 Å². The van der Waals surface area contributed by atoms with Gasteiger partial charge in [-0.25, -0.2) is 0 Å². The molecule has 2 aliphatic rings. The van der Waals surface area contributed by atoms with Gasteiger partial charge in [-0.2, -0.15) is 0 Å². The summed E-state index contributed by atoms with van der Waals surface area (Å²) in [6.07, 6.45) is 5.27. The summed E-state index contributed by atoms with van der Waals surface area (Å²) in [7, 11) is 0. The summed E-state index contributed by atoms with van der Waals surface area (Å²) in [6.45, 7) is 1.14. The Morgan fingerprint density at radius 2 is 1.94 bits per heavy atom. The van der Waals surface area contributed by atoms with Crippen molar-refractivity contribution in [2.75, 3.05) is 6.54 Å². The zero-order valence-electron chi connectivity index (χ0n) is 9.76. The highest BCUT2D eigenvalue weighted by atomic mass is 35.5. The van der Waals surface area contributed by atoms with E-state index in [9.17, 15) is 0 Å². The first kappa shape index (κ1) is 11.8. The van der Waals surface area contributed by atoms with Gasteiger partial charge in [0.2, 0.25) is 0 Å². The predicted octanol–water partition coefficient (Wildman–Crippen LogP) is 4.24. The van der Waals surface area contributed by atoms with Crippen molar-refractivity contribution in [2.45, 2.75) is 37.6 Å². The van der Waals surface area contributed by atoms with E-state index in [0.29, 0.717) is 5.92 Å². The lowest BCUT2D eigenvalue weighted by Gasteiger charge is -2.38. The monoisotopic (exact) mass is 269 g/mol. The number of rotatable bonds is 4. The molecule has 1 N–H and O–H groups in total. The third kappa shape index (κ3) is 2.62. The normalized spacial score (nSPS) is 27.9. The third-order valence-electron chi connectivity index (χ3n) is 4.02. The van der Waals surface area contributed by atoms with Crippen LogP contribution in [0, 0.1) is 5.92 Å². The van der Waals surface area contributed by atoms with Crippen molar-refractivity contribution in [3.05, 3.63) is 33.8 Å². The summed E-state index contributed by atoms with van der Waals surface area (Å²) < 4.78 is 0. The van der Waals surface area contributed by atoms with E-state index in [4.69, 9.17) is 23.2 Å². The molecule has 0 radical (unpaired) electrons. The minimum absolute atomic E-state index is 0.604. The molecule has 0 aliphatic heterocycles. The molecule has 2 saturated carbocycles. The van der Waals surface area contributed by atoms with E-state index in [1.165, 1.54) is 31.2 Å². The van der Waals surface area contributed by atoms with Gasteiger partial charge in [0.05, 0.1) is 0 Å². The molecule has 0 amide bonds. The molecule has 2 aliphatic carbocycles. The lowest BCUT2D eigenvalue weighted by atomic mass is 9.70. The zero-order valence-corrected chi connectivity index (χ0v) is 11.3. The molecule has 1 aromatic rings. The van der Waals surface area contributed by atoms with E-state index in [1.807, 2.05) is 18.2 Å². The van der Waals surface area contributed by atoms with Gasteiger partial charge in [0, 0.05) is 16.1 Å². The van der Waals surface area contributed by atoms with Gasteiger partial charge < -0.3 is 5.32 Å². The van der Waals surface area contributed by atoms with Crippen molar-refractivity contribution in [3.8, 4) is 0 Å². The Kier molecular flexibility index (Phi) is 3.34. The second-order valence-electron chi connectivity index (χ2n) is 5.29. The Balaban J connectivity index is 1.67. The van der Waals surface area contributed by atoms with Crippen LogP contribution < -0.4 is 5.32 Å². The molecule has 2 unspecified atom stereocenters. The Bertz CT molecular complexity index is 415. The molecule has 2 fully saturated rings. The van der Waals surface area contributed by atoms with Gasteiger partial charge in [-0.15, -0.1) is 0 Å². The molecule has 0 spiro atoms. The second-order valence-corrected chi connectivity index (χ2v) is 6.14. The van der Waals surface area contributed by atoms with Crippen molar-refractivity contribution < 1.29 is 0 Å². The maximum atomic E-state index is 6.27. The summed E-state index contributed by atoms with van der Waals surface area (Å²) in [5, 5.41) is 5.28. The van der Waals surface area contributed by atoms with Crippen LogP contribution >= 0.6 is 23.2 Å². The van der Waals surface area contributed by atoms with Gasteiger partial charge in [0.25, 0.3) is 0 Å². The van der Waals surface area contributed by atoms with Crippen molar-refractivity contribution in [1.82, 2.24) is 5.32 Å². The highest BCUT2D eigenvalue weighted by Crippen LogP contribution is 2.45. The topological polar surface area (TPSA) is 12.0 Å². The summed E-state index contributed by atoms with van der Waals surface area (Å²) in [5.41, 5.74) is 1.24. The molecule has 0 bridgehead atoms. The molecule has 92 valence electrons. The van der Waals surface area contributed by atoms with Crippen molar-refractivity contribution in [2.24, 2.45) is 5.92 Å². The molecule has 17 heavy (non-hydrogen) atoms. The lowest BCUT2D eigenvalue weighted by molar-refractivity contribution is 0.245. The van der Waals surface area contributed by atoms with Crippen LogP contribution in [0.25, 0.3) is 0 Å². The van der Waals surface area contributed by atoms with Gasteiger partial charge in [-0.05, 0) is 67.8 Å². The van der Waals surface area contributed by atoms with Crippen molar-refractivity contribution in [3.63, 3.8) is 0 Å². The number of benzene rings is 1. The molecule has 3 heteroatoms. The van der Waals surface area contributed by atoms with Gasteiger partial charge in [0.15, 0.2) is 0 Å². The average molecular weight is 270 g/mol. The van der Waals surface area contributed by atoms with E-state index in [-0.39, 0.29) is 0 Å². The minimum Gasteiger partial charge on any atom is -0.314 e. The molecule has 1 aromatic carbocycles. The number of nitrogens with one attached hydrogen (secondary N) is 1. The van der Waals surface area contributed by atoms with Crippen LogP contribution in [0.15, 0.2) is 18.2 Å². The van der Waals surface area contributed by atoms with E-state index >= 15 is 0 Å². The molecule has 3 rings (SSSR count). The Hall–Kier alpha value is -0.240. The molecule has 0 aromatic heterocycles. The standard InChI is InChI=1S/C14H17Cl2N/c15-10-2-6-14(16)13(7-10)12-5-1-9(12)8-17-11-3-4-11/h2,6-7,9,11-12,17H,1,3-5,8H2. The average Bonchev–Trinajstić information content (AvgIpc) is 3.06. The second kappa shape index (κ2) is 4.79. The van der Waals surface area contributed by atoms with E-state index in [2.05, 4.69) is 5.32 Å². The Morgan fingerprint density at radius 3 is 2.59 bits per heavy atom. The maximum Gasteiger partial charge on any atom is 0.0441 e. The smallest absolute Gasteiger partial charge is 0.0441 e. The van der Waals surface area contributed by atoms with Crippen LogP contribution in [0.2, 0.25) is 10.0 Å². The summed E-state index contributed by atoms with van der Waals surface area (Å²) in [5.74, 6) is 1.35. The number of hydrogen-bond acceptors (Lipinski definition) is 1. The first-order valence-electron chi connectivity index (χ1n) is 6.42. The highest BCUT2D eigenvalue weighted by Gasteiger charge is 2.34. The molecular weight excluding hydrogens is 253 g/mol. The van der Waals surface area contributed by atoms with Crippen LogP contribution in [-0.4, -0.2) is 12.6 Å². The summed E-state index contributed by atoms with van der Waals surface area (Å²) >= 11 is 12.3. The van der Waals surface area contributed by atoms with Crippen molar-refractivity contribution in [1.29, 1.82) is 0 Å². The van der Waals surface area contributed by atoms with Crippen LogP contribution in [0.5, 0.6) is 0 Å². The fourth-order valence-electron chi connectivity index (χ4n) is 2.63. The first-order chi connectivity index (χ1) is 8.24. The quantitative estimate of drug-likeness (QED) is 0.862. The van der Waals surface area contributed by atoms with Crippen LogP contribution in [-0.2, 0) is 0 Å². The van der Waals surface area contributed by atoms with Gasteiger partial charge >= 0.3 is 0 Å². The molecule has 2 atom stereocenters. The van der Waals surface area contributed by atoms with E-state index < -0.39 is 0 Å². The zero-order chi connectivity index (χ0) is 11.8. The van der Waals surface area contributed by atoms with Gasteiger partial charge in [-0.3, -0.25) is 0 Å².